The largest absolute Gasteiger partial charge is 0.327 e. The summed E-state index contributed by atoms with van der Waals surface area (Å²) >= 11 is 5.38. The van der Waals surface area contributed by atoms with E-state index < -0.39 is 0 Å². The molecule has 0 aromatic carbocycles. The standard InChI is InChI=1S/C13H21BrN2S/c1-9(15)11-5-3-4-8-16(11)10(2)12-6-7-13(14)17-12/h6-7,9-11H,3-5,8,15H2,1-2H3. The Morgan fingerprint density at radius 3 is 2.76 bits per heavy atom. The predicted molar refractivity (Wildman–Crippen MR) is 78.4 cm³/mol. The molecule has 2 heterocycles. The van der Waals surface area contributed by atoms with Gasteiger partial charge in [-0.25, -0.2) is 0 Å². The smallest absolute Gasteiger partial charge is 0.0701 e. The van der Waals surface area contributed by atoms with Gasteiger partial charge in [-0.3, -0.25) is 4.90 Å². The van der Waals surface area contributed by atoms with Crippen LogP contribution in [0.4, 0.5) is 0 Å². The quantitative estimate of drug-likeness (QED) is 0.919. The molecule has 1 aromatic heterocycles. The Morgan fingerprint density at radius 2 is 2.18 bits per heavy atom. The molecule has 0 spiro atoms. The van der Waals surface area contributed by atoms with Gasteiger partial charge in [-0.05, 0) is 61.3 Å². The number of nitrogens with zero attached hydrogens (tertiary/aromatic N) is 1. The molecule has 1 aliphatic rings. The summed E-state index contributed by atoms with van der Waals surface area (Å²) in [5.41, 5.74) is 6.13. The van der Waals surface area contributed by atoms with Crippen molar-refractivity contribution in [3.05, 3.63) is 20.8 Å². The molecule has 0 amide bonds. The summed E-state index contributed by atoms with van der Waals surface area (Å²) in [5.74, 6) is 0. The van der Waals surface area contributed by atoms with E-state index in [2.05, 4.69) is 46.8 Å². The van der Waals surface area contributed by atoms with Gasteiger partial charge >= 0.3 is 0 Å². The molecule has 1 aliphatic heterocycles. The van der Waals surface area contributed by atoms with Crippen molar-refractivity contribution >= 4 is 27.3 Å². The van der Waals surface area contributed by atoms with E-state index in [4.69, 9.17) is 5.73 Å². The highest BCUT2D eigenvalue weighted by atomic mass is 79.9. The van der Waals surface area contributed by atoms with Crippen molar-refractivity contribution < 1.29 is 0 Å². The third-order valence-corrected chi connectivity index (χ3v) is 5.50. The molecule has 0 bridgehead atoms. The normalized spacial score (nSPS) is 25.8. The van der Waals surface area contributed by atoms with E-state index in [1.54, 1.807) is 0 Å². The van der Waals surface area contributed by atoms with Gasteiger partial charge in [0.05, 0.1) is 3.79 Å². The first-order chi connectivity index (χ1) is 8.09. The minimum absolute atomic E-state index is 0.265. The van der Waals surface area contributed by atoms with Crippen LogP contribution in [0.15, 0.2) is 15.9 Å². The van der Waals surface area contributed by atoms with Gasteiger partial charge in [-0.15, -0.1) is 11.3 Å². The lowest BCUT2D eigenvalue weighted by Crippen LogP contribution is -2.49. The maximum absolute atomic E-state index is 6.13. The minimum atomic E-state index is 0.265. The molecule has 0 saturated carbocycles. The average molecular weight is 317 g/mol. The number of hydrogen-bond acceptors (Lipinski definition) is 3. The monoisotopic (exact) mass is 316 g/mol. The summed E-state index contributed by atoms with van der Waals surface area (Å²) < 4.78 is 1.22. The molecular formula is C13H21BrN2S. The fourth-order valence-corrected chi connectivity index (χ4v) is 4.24. The van der Waals surface area contributed by atoms with E-state index in [-0.39, 0.29) is 6.04 Å². The summed E-state index contributed by atoms with van der Waals surface area (Å²) in [6.07, 6.45) is 3.87. The number of piperidine rings is 1. The van der Waals surface area contributed by atoms with Crippen LogP contribution < -0.4 is 5.73 Å². The van der Waals surface area contributed by atoms with Crippen LogP contribution in [0.5, 0.6) is 0 Å². The van der Waals surface area contributed by atoms with E-state index in [1.807, 2.05) is 11.3 Å². The zero-order chi connectivity index (χ0) is 12.4. The molecule has 96 valence electrons. The first kappa shape index (κ1) is 13.5. The number of thiophene rings is 1. The summed E-state index contributed by atoms with van der Waals surface area (Å²) in [5, 5.41) is 0. The van der Waals surface area contributed by atoms with Gasteiger partial charge < -0.3 is 5.73 Å². The zero-order valence-electron chi connectivity index (χ0n) is 10.5. The molecule has 2 nitrogen and oxygen atoms in total. The van der Waals surface area contributed by atoms with Gasteiger partial charge in [0.2, 0.25) is 0 Å². The maximum Gasteiger partial charge on any atom is 0.0701 e. The van der Waals surface area contributed by atoms with Crippen LogP contribution in [0.1, 0.15) is 44.0 Å². The lowest BCUT2D eigenvalue weighted by atomic mass is 9.95. The van der Waals surface area contributed by atoms with Crippen molar-refractivity contribution in [1.29, 1.82) is 0 Å². The third-order valence-electron chi connectivity index (χ3n) is 3.70. The Morgan fingerprint density at radius 1 is 1.41 bits per heavy atom. The Balaban J connectivity index is 2.13. The topological polar surface area (TPSA) is 29.3 Å². The fourth-order valence-electron chi connectivity index (χ4n) is 2.74. The lowest BCUT2D eigenvalue weighted by molar-refractivity contribution is 0.0906. The first-order valence-corrected chi connectivity index (χ1v) is 7.97. The second-order valence-corrected chi connectivity index (χ2v) is 7.47. The molecule has 1 fully saturated rings. The molecule has 2 rings (SSSR count). The molecule has 1 saturated heterocycles. The number of rotatable bonds is 3. The number of likely N-dealkylation sites (tertiary alicyclic amines) is 1. The van der Waals surface area contributed by atoms with E-state index in [9.17, 15) is 0 Å². The molecule has 0 aliphatic carbocycles. The van der Waals surface area contributed by atoms with Gasteiger partial charge in [0, 0.05) is 23.0 Å². The molecule has 3 atom stereocenters. The van der Waals surface area contributed by atoms with Crippen LogP contribution in [0, 0.1) is 0 Å². The van der Waals surface area contributed by atoms with Crippen LogP contribution in [-0.2, 0) is 0 Å². The number of hydrogen-bond donors (Lipinski definition) is 1. The summed E-state index contributed by atoms with van der Waals surface area (Å²) in [7, 11) is 0. The summed E-state index contributed by atoms with van der Waals surface area (Å²) in [4.78, 5) is 4.02. The Hall–Kier alpha value is 0.1000. The molecule has 3 unspecified atom stereocenters. The van der Waals surface area contributed by atoms with Crippen molar-refractivity contribution in [2.75, 3.05) is 6.54 Å². The second-order valence-electron chi connectivity index (χ2n) is 4.98. The molecule has 0 radical (unpaired) electrons. The van der Waals surface area contributed by atoms with E-state index >= 15 is 0 Å². The van der Waals surface area contributed by atoms with Gasteiger partial charge in [0.25, 0.3) is 0 Å². The summed E-state index contributed by atoms with van der Waals surface area (Å²) in [6.45, 7) is 5.63. The van der Waals surface area contributed by atoms with Crippen molar-refractivity contribution in [2.24, 2.45) is 5.73 Å². The Bertz CT molecular complexity index is 364. The Labute approximate surface area is 116 Å². The zero-order valence-corrected chi connectivity index (χ0v) is 12.9. The van der Waals surface area contributed by atoms with Crippen molar-refractivity contribution in [3.8, 4) is 0 Å². The van der Waals surface area contributed by atoms with Crippen LogP contribution in [0.3, 0.4) is 0 Å². The van der Waals surface area contributed by atoms with Crippen LogP contribution in [0.25, 0.3) is 0 Å². The van der Waals surface area contributed by atoms with E-state index in [0.29, 0.717) is 12.1 Å². The van der Waals surface area contributed by atoms with Gasteiger partial charge in [-0.1, -0.05) is 6.42 Å². The SMILES string of the molecule is CC(N)C1CCCCN1C(C)c1ccc(Br)s1. The van der Waals surface area contributed by atoms with Crippen molar-refractivity contribution in [2.45, 2.75) is 51.2 Å². The molecule has 2 N–H and O–H groups in total. The van der Waals surface area contributed by atoms with Crippen molar-refractivity contribution in [1.82, 2.24) is 4.90 Å². The summed E-state index contributed by atoms with van der Waals surface area (Å²) in [6, 6.07) is 5.66. The molecule has 17 heavy (non-hydrogen) atoms. The predicted octanol–water partition coefficient (Wildman–Crippen LogP) is 3.77. The minimum Gasteiger partial charge on any atom is -0.327 e. The number of halogens is 1. The molecular weight excluding hydrogens is 296 g/mol. The first-order valence-electron chi connectivity index (χ1n) is 6.36. The number of nitrogens with two attached hydrogens (primary N) is 1. The highest BCUT2D eigenvalue weighted by Crippen LogP contribution is 2.34. The van der Waals surface area contributed by atoms with Crippen LogP contribution >= 0.6 is 27.3 Å². The second kappa shape index (κ2) is 5.83. The average Bonchev–Trinajstić information content (AvgIpc) is 2.75. The lowest BCUT2D eigenvalue weighted by Gasteiger charge is -2.41. The van der Waals surface area contributed by atoms with Crippen LogP contribution in [0.2, 0.25) is 0 Å². The van der Waals surface area contributed by atoms with E-state index in [1.165, 1.54) is 34.5 Å². The van der Waals surface area contributed by atoms with E-state index in [0.717, 1.165) is 0 Å². The van der Waals surface area contributed by atoms with Crippen molar-refractivity contribution in [3.63, 3.8) is 0 Å². The molecule has 4 heteroatoms. The molecule has 1 aromatic rings. The van der Waals surface area contributed by atoms with Gasteiger partial charge in [0.15, 0.2) is 0 Å². The van der Waals surface area contributed by atoms with Crippen LogP contribution in [-0.4, -0.2) is 23.5 Å². The van der Waals surface area contributed by atoms with Gasteiger partial charge in [0.1, 0.15) is 0 Å². The fraction of sp³-hybridized carbons (Fsp3) is 0.692. The highest BCUT2D eigenvalue weighted by molar-refractivity contribution is 9.11. The van der Waals surface area contributed by atoms with Gasteiger partial charge in [-0.2, -0.15) is 0 Å². The highest BCUT2D eigenvalue weighted by Gasteiger charge is 2.30. The maximum atomic E-state index is 6.13. The Kier molecular flexibility index (Phi) is 4.64. The third kappa shape index (κ3) is 3.11.